The fourth-order valence-corrected chi connectivity index (χ4v) is 4.50. The van der Waals surface area contributed by atoms with Crippen LogP contribution in [0.4, 0.5) is 0 Å². The van der Waals surface area contributed by atoms with Crippen molar-refractivity contribution < 1.29 is 23.9 Å². The van der Waals surface area contributed by atoms with Gasteiger partial charge in [0.15, 0.2) is 0 Å². The molecule has 4 N–H and O–H groups in total. The molecule has 0 bridgehead atoms. The number of halogens is 1. The lowest BCUT2D eigenvalue weighted by atomic mass is 9.87. The number of ether oxygens (including phenoxy) is 1. The van der Waals surface area contributed by atoms with Gasteiger partial charge in [-0.1, -0.05) is 44.5 Å². The third-order valence-electron chi connectivity index (χ3n) is 6.01. The Morgan fingerprint density at radius 1 is 1.20 bits per heavy atom. The second kappa shape index (κ2) is 11.1. The lowest BCUT2D eigenvalue weighted by Crippen LogP contribution is -2.54. The Hall–Kier alpha value is -3.07. The minimum absolute atomic E-state index is 0.126. The molecule has 1 aromatic heterocycles. The van der Waals surface area contributed by atoms with E-state index in [0.29, 0.717) is 29.9 Å². The number of nitrogens with one attached hydrogen (secondary N) is 4. The Balaban J connectivity index is 1.78. The van der Waals surface area contributed by atoms with Crippen LogP contribution in [0.15, 0.2) is 24.3 Å². The molecule has 0 aliphatic carbocycles. The zero-order valence-electron chi connectivity index (χ0n) is 20.5. The van der Waals surface area contributed by atoms with Gasteiger partial charge in [-0.25, -0.2) is 4.79 Å². The van der Waals surface area contributed by atoms with E-state index in [9.17, 15) is 19.2 Å². The highest BCUT2D eigenvalue weighted by atomic mass is 35.5. The molecular weight excluding hydrogens is 472 g/mol. The summed E-state index contributed by atoms with van der Waals surface area (Å²) in [5, 5.41) is 9.54. The molecule has 1 aliphatic rings. The number of esters is 1. The van der Waals surface area contributed by atoms with Gasteiger partial charge < -0.3 is 25.7 Å². The van der Waals surface area contributed by atoms with Gasteiger partial charge in [0.05, 0.1) is 17.6 Å². The van der Waals surface area contributed by atoms with Crippen molar-refractivity contribution in [2.45, 2.75) is 58.5 Å². The highest BCUT2D eigenvalue weighted by Crippen LogP contribution is 2.25. The van der Waals surface area contributed by atoms with Crippen LogP contribution in [0.2, 0.25) is 5.02 Å². The Morgan fingerprint density at radius 3 is 2.57 bits per heavy atom. The maximum absolute atomic E-state index is 13.3. The van der Waals surface area contributed by atoms with Gasteiger partial charge in [-0.3, -0.25) is 14.4 Å². The number of H-pyrrole nitrogens is 1. The Bertz CT molecular complexity index is 1110. The smallest absolute Gasteiger partial charge is 0.328 e. The summed E-state index contributed by atoms with van der Waals surface area (Å²) in [6, 6.07) is 5.08. The van der Waals surface area contributed by atoms with E-state index in [1.807, 2.05) is 26.8 Å². The van der Waals surface area contributed by atoms with Gasteiger partial charge in [0.25, 0.3) is 5.91 Å². The normalized spacial score (nSPS) is 17.9. The first-order valence-corrected chi connectivity index (χ1v) is 12.1. The molecule has 2 aromatic rings. The molecule has 2 unspecified atom stereocenters. The van der Waals surface area contributed by atoms with E-state index in [4.69, 9.17) is 16.3 Å². The van der Waals surface area contributed by atoms with E-state index in [2.05, 4.69) is 20.9 Å². The largest absolute Gasteiger partial charge is 0.467 e. The van der Waals surface area contributed by atoms with Crippen LogP contribution in [0.3, 0.4) is 0 Å². The number of fused-ring (bicyclic) bond motifs is 1. The van der Waals surface area contributed by atoms with E-state index in [0.717, 1.165) is 11.8 Å². The molecule has 0 spiro atoms. The summed E-state index contributed by atoms with van der Waals surface area (Å²) in [4.78, 5) is 54.0. The summed E-state index contributed by atoms with van der Waals surface area (Å²) in [5.41, 5.74) is 0.596. The van der Waals surface area contributed by atoms with E-state index in [1.54, 1.807) is 18.2 Å². The summed E-state index contributed by atoms with van der Waals surface area (Å²) in [5.74, 6) is -2.17. The Morgan fingerprint density at radius 2 is 1.94 bits per heavy atom. The number of rotatable bonds is 8. The average molecular weight is 505 g/mol. The molecule has 190 valence electrons. The molecule has 3 rings (SSSR count). The summed E-state index contributed by atoms with van der Waals surface area (Å²) in [7, 11) is 1.23. The summed E-state index contributed by atoms with van der Waals surface area (Å²) < 4.78 is 4.88. The van der Waals surface area contributed by atoms with E-state index >= 15 is 0 Å². The molecular formula is C25H33ClN4O5. The summed E-state index contributed by atoms with van der Waals surface area (Å²) in [6.07, 6.45) is 1.88. The number of amides is 3. The first-order chi connectivity index (χ1) is 16.5. The van der Waals surface area contributed by atoms with Crippen LogP contribution in [0.25, 0.3) is 10.9 Å². The molecule has 3 amide bonds. The minimum atomic E-state index is -1.01. The van der Waals surface area contributed by atoms with E-state index in [1.165, 1.54) is 7.11 Å². The van der Waals surface area contributed by atoms with Crippen LogP contribution in [-0.4, -0.2) is 54.4 Å². The maximum Gasteiger partial charge on any atom is 0.328 e. The monoisotopic (exact) mass is 504 g/mol. The Labute approximate surface area is 209 Å². The molecule has 2 heterocycles. The maximum atomic E-state index is 13.3. The van der Waals surface area contributed by atoms with Crippen LogP contribution in [0.5, 0.6) is 0 Å². The number of methoxy groups -OCH3 is 1. The van der Waals surface area contributed by atoms with E-state index < -0.39 is 35.8 Å². The van der Waals surface area contributed by atoms with Crippen molar-refractivity contribution in [3.05, 3.63) is 35.0 Å². The highest BCUT2D eigenvalue weighted by molar-refractivity contribution is 6.35. The number of carbonyl (C=O) groups excluding carboxylic acids is 4. The Kier molecular flexibility index (Phi) is 8.43. The number of para-hydroxylation sites is 1. The van der Waals surface area contributed by atoms with E-state index in [-0.39, 0.29) is 23.4 Å². The lowest BCUT2D eigenvalue weighted by molar-refractivity contribution is -0.146. The van der Waals surface area contributed by atoms with Gasteiger partial charge in [0.1, 0.15) is 17.8 Å². The van der Waals surface area contributed by atoms with Gasteiger partial charge in [-0.2, -0.15) is 0 Å². The standard InChI is InChI=1S/C25H33ClN4O5/c1-25(2,3)13-19(30-22(32)17-11-14-7-5-9-16(26)20(14)28-17)23(33)29-18(24(34)35-4)12-15-8-6-10-27-21(15)31/h5,7,9,11,15,18-19,28H,6,8,10,12-13H2,1-4H3,(H,27,31)(H,29,33)(H,30,32)/t15-,18?,19?/m0/s1. The highest BCUT2D eigenvalue weighted by Gasteiger charge is 2.34. The molecule has 9 nitrogen and oxygen atoms in total. The fourth-order valence-electron chi connectivity index (χ4n) is 4.27. The van der Waals surface area contributed by atoms with Crippen molar-refractivity contribution >= 4 is 46.2 Å². The lowest BCUT2D eigenvalue weighted by Gasteiger charge is -2.29. The zero-order chi connectivity index (χ0) is 25.8. The van der Waals surface area contributed by atoms with Gasteiger partial charge in [-0.15, -0.1) is 0 Å². The third-order valence-corrected chi connectivity index (χ3v) is 6.33. The van der Waals surface area contributed by atoms with Crippen molar-refractivity contribution in [2.24, 2.45) is 11.3 Å². The van der Waals surface area contributed by atoms with Crippen LogP contribution >= 0.6 is 11.6 Å². The number of aromatic amines is 1. The molecule has 3 atom stereocenters. The summed E-state index contributed by atoms with van der Waals surface area (Å²) >= 11 is 6.21. The average Bonchev–Trinajstić information content (AvgIpc) is 3.24. The molecule has 1 fully saturated rings. The van der Waals surface area contributed by atoms with Crippen molar-refractivity contribution in [2.75, 3.05) is 13.7 Å². The number of piperidine rings is 1. The number of aromatic nitrogens is 1. The molecule has 10 heteroatoms. The van der Waals surface area contributed by atoms with Crippen molar-refractivity contribution in [1.82, 2.24) is 20.9 Å². The van der Waals surface area contributed by atoms with Crippen LogP contribution < -0.4 is 16.0 Å². The molecule has 1 aliphatic heterocycles. The van der Waals surface area contributed by atoms with Gasteiger partial charge in [0.2, 0.25) is 11.8 Å². The van der Waals surface area contributed by atoms with Crippen LogP contribution in [-0.2, 0) is 19.1 Å². The fraction of sp³-hybridized carbons (Fsp3) is 0.520. The summed E-state index contributed by atoms with van der Waals surface area (Å²) in [6.45, 7) is 6.45. The number of hydrogen-bond acceptors (Lipinski definition) is 5. The topological polar surface area (TPSA) is 129 Å². The quantitative estimate of drug-likeness (QED) is 0.411. The van der Waals surface area contributed by atoms with Gasteiger partial charge in [-0.05, 0) is 43.2 Å². The molecule has 0 radical (unpaired) electrons. The van der Waals surface area contributed by atoms with Gasteiger partial charge in [0, 0.05) is 17.8 Å². The molecule has 0 saturated carbocycles. The van der Waals surface area contributed by atoms with Gasteiger partial charge >= 0.3 is 5.97 Å². The number of benzene rings is 1. The predicted octanol–water partition coefficient (Wildman–Crippen LogP) is 2.93. The minimum Gasteiger partial charge on any atom is -0.467 e. The predicted molar refractivity (Wildman–Crippen MR) is 133 cm³/mol. The van der Waals surface area contributed by atoms with Crippen LogP contribution in [0.1, 0.15) is 56.9 Å². The molecule has 1 saturated heterocycles. The SMILES string of the molecule is COC(=O)C(C[C@@H]1CCCNC1=O)NC(=O)C(CC(C)(C)C)NC(=O)c1cc2cccc(Cl)c2[nH]1. The molecule has 35 heavy (non-hydrogen) atoms. The zero-order valence-corrected chi connectivity index (χ0v) is 21.3. The molecule has 1 aromatic carbocycles. The number of hydrogen-bond donors (Lipinski definition) is 4. The van der Waals surface area contributed by atoms with Crippen molar-refractivity contribution in [1.29, 1.82) is 0 Å². The van der Waals surface area contributed by atoms with Crippen molar-refractivity contribution in [3.8, 4) is 0 Å². The second-order valence-corrected chi connectivity index (χ2v) is 10.5. The third kappa shape index (κ3) is 6.97. The van der Waals surface area contributed by atoms with Crippen LogP contribution in [0, 0.1) is 11.3 Å². The first kappa shape index (κ1) is 26.5. The van der Waals surface area contributed by atoms with Crippen molar-refractivity contribution in [3.63, 3.8) is 0 Å². The first-order valence-electron chi connectivity index (χ1n) is 11.7. The second-order valence-electron chi connectivity index (χ2n) is 10.1. The number of carbonyl (C=O) groups is 4.